The van der Waals surface area contributed by atoms with Gasteiger partial charge < -0.3 is 14.7 Å². The first-order valence-electron chi connectivity index (χ1n) is 8.11. The highest BCUT2D eigenvalue weighted by Gasteiger charge is 2.35. The van der Waals surface area contributed by atoms with E-state index < -0.39 is 6.04 Å². The summed E-state index contributed by atoms with van der Waals surface area (Å²) in [4.78, 5) is 26.7. The first-order chi connectivity index (χ1) is 11.6. The first kappa shape index (κ1) is 16.8. The molecule has 1 N–H and O–H groups in total. The molecule has 7 heteroatoms. The van der Waals surface area contributed by atoms with Gasteiger partial charge in [0.05, 0.1) is 12.3 Å². The molecule has 0 bridgehead atoms. The van der Waals surface area contributed by atoms with Crippen LogP contribution in [0.4, 0.5) is 0 Å². The second-order valence-corrected chi connectivity index (χ2v) is 7.00. The third kappa shape index (κ3) is 3.40. The van der Waals surface area contributed by atoms with Gasteiger partial charge in [-0.3, -0.25) is 9.59 Å². The third-order valence-electron chi connectivity index (χ3n) is 4.28. The summed E-state index contributed by atoms with van der Waals surface area (Å²) in [5.74, 6) is 0.997. The maximum absolute atomic E-state index is 12.7. The molecule has 2 unspecified atom stereocenters. The molecule has 0 aliphatic carbocycles. The van der Waals surface area contributed by atoms with E-state index in [1.165, 1.54) is 0 Å². The molecule has 24 heavy (non-hydrogen) atoms. The standard InChI is InChI=1S/C17H21N3O3S/c1-3-11(2)18-17(22)14-9-24-10-20(14)16(21)8-13-12-6-4-5-7-15(12)23-19-13/h4-7,11,14H,3,8-10H2,1-2H3,(H,18,22). The Morgan fingerprint density at radius 2 is 2.25 bits per heavy atom. The van der Waals surface area contributed by atoms with E-state index in [0.717, 1.165) is 11.8 Å². The van der Waals surface area contributed by atoms with Crippen molar-refractivity contribution in [1.29, 1.82) is 0 Å². The van der Waals surface area contributed by atoms with Crippen LogP contribution >= 0.6 is 11.8 Å². The molecule has 1 aromatic heterocycles. The minimum absolute atomic E-state index is 0.0762. The lowest BCUT2D eigenvalue weighted by atomic mass is 10.1. The van der Waals surface area contributed by atoms with Gasteiger partial charge in [-0.05, 0) is 25.5 Å². The Hall–Kier alpha value is -2.02. The fourth-order valence-electron chi connectivity index (χ4n) is 2.66. The molecule has 0 radical (unpaired) electrons. The summed E-state index contributed by atoms with van der Waals surface area (Å²) >= 11 is 1.60. The zero-order valence-electron chi connectivity index (χ0n) is 13.8. The number of aromatic nitrogens is 1. The van der Waals surface area contributed by atoms with Gasteiger partial charge in [0.25, 0.3) is 0 Å². The average molecular weight is 347 g/mol. The monoisotopic (exact) mass is 347 g/mol. The van der Waals surface area contributed by atoms with Crippen LogP contribution in [0.1, 0.15) is 26.0 Å². The Bertz CT molecular complexity index is 746. The summed E-state index contributed by atoms with van der Waals surface area (Å²) in [5, 5.41) is 7.82. The lowest BCUT2D eigenvalue weighted by Gasteiger charge is -2.24. The zero-order chi connectivity index (χ0) is 17.1. The van der Waals surface area contributed by atoms with Crippen LogP contribution < -0.4 is 5.32 Å². The molecule has 1 aliphatic rings. The number of carbonyl (C=O) groups is 2. The third-order valence-corrected chi connectivity index (χ3v) is 5.29. The van der Waals surface area contributed by atoms with Gasteiger partial charge in [-0.2, -0.15) is 0 Å². The summed E-state index contributed by atoms with van der Waals surface area (Å²) in [6, 6.07) is 7.17. The molecular formula is C17H21N3O3S. The highest BCUT2D eigenvalue weighted by atomic mass is 32.2. The molecule has 2 heterocycles. The Morgan fingerprint density at radius 1 is 1.46 bits per heavy atom. The van der Waals surface area contributed by atoms with Gasteiger partial charge in [-0.25, -0.2) is 0 Å². The molecule has 3 rings (SSSR count). The number of fused-ring (bicyclic) bond motifs is 1. The van der Waals surface area contributed by atoms with Crippen molar-refractivity contribution in [3.63, 3.8) is 0 Å². The molecule has 1 aliphatic heterocycles. The van der Waals surface area contributed by atoms with Gasteiger partial charge in [0.1, 0.15) is 11.7 Å². The molecule has 128 valence electrons. The number of rotatable bonds is 5. The van der Waals surface area contributed by atoms with Crippen LogP contribution in [0.2, 0.25) is 0 Å². The molecule has 0 spiro atoms. The number of nitrogens with one attached hydrogen (secondary N) is 1. The van der Waals surface area contributed by atoms with Crippen LogP contribution in [0.25, 0.3) is 11.0 Å². The second-order valence-electron chi connectivity index (χ2n) is 6.00. The van der Waals surface area contributed by atoms with Gasteiger partial charge in [0, 0.05) is 17.2 Å². The van der Waals surface area contributed by atoms with E-state index >= 15 is 0 Å². The molecule has 2 aromatic rings. The number of hydrogen-bond acceptors (Lipinski definition) is 5. The number of amides is 2. The van der Waals surface area contributed by atoms with E-state index in [4.69, 9.17) is 4.52 Å². The summed E-state index contributed by atoms with van der Waals surface area (Å²) < 4.78 is 5.25. The van der Waals surface area contributed by atoms with E-state index in [2.05, 4.69) is 10.5 Å². The van der Waals surface area contributed by atoms with Crippen molar-refractivity contribution >= 4 is 34.5 Å². The van der Waals surface area contributed by atoms with Crippen LogP contribution in [0, 0.1) is 0 Å². The van der Waals surface area contributed by atoms with E-state index in [9.17, 15) is 9.59 Å². The van der Waals surface area contributed by atoms with E-state index in [-0.39, 0.29) is 24.3 Å². The van der Waals surface area contributed by atoms with Crippen molar-refractivity contribution in [3.8, 4) is 0 Å². The molecule has 0 saturated carbocycles. The molecular weight excluding hydrogens is 326 g/mol. The predicted octanol–water partition coefficient (Wildman–Crippen LogP) is 2.19. The Kier molecular flexibility index (Phi) is 5.08. The summed E-state index contributed by atoms with van der Waals surface area (Å²) in [5.41, 5.74) is 1.29. The van der Waals surface area contributed by atoms with Gasteiger partial charge in [0.2, 0.25) is 11.8 Å². The number of hydrogen-bond donors (Lipinski definition) is 1. The van der Waals surface area contributed by atoms with E-state index in [1.807, 2.05) is 38.1 Å². The fourth-order valence-corrected chi connectivity index (χ4v) is 3.84. The minimum Gasteiger partial charge on any atom is -0.356 e. The smallest absolute Gasteiger partial charge is 0.243 e. The maximum Gasteiger partial charge on any atom is 0.243 e. The Labute approximate surface area is 144 Å². The lowest BCUT2D eigenvalue weighted by molar-refractivity contribution is -0.137. The summed E-state index contributed by atoms with van der Waals surface area (Å²) in [6.45, 7) is 3.99. The van der Waals surface area contributed by atoms with Crippen molar-refractivity contribution in [2.45, 2.75) is 38.8 Å². The lowest BCUT2D eigenvalue weighted by Crippen LogP contribution is -2.49. The van der Waals surface area contributed by atoms with Gasteiger partial charge in [-0.15, -0.1) is 11.8 Å². The van der Waals surface area contributed by atoms with Crippen LogP contribution in [0.5, 0.6) is 0 Å². The minimum atomic E-state index is -0.408. The Morgan fingerprint density at radius 3 is 3.04 bits per heavy atom. The maximum atomic E-state index is 12.7. The molecule has 6 nitrogen and oxygen atoms in total. The topological polar surface area (TPSA) is 75.4 Å². The number of para-hydroxylation sites is 1. The summed E-state index contributed by atoms with van der Waals surface area (Å²) in [7, 11) is 0. The Balaban J connectivity index is 1.70. The van der Waals surface area contributed by atoms with Gasteiger partial charge >= 0.3 is 0 Å². The number of benzene rings is 1. The zero-order valence-corrected chi connectivity index (χ0v) is 14.6. The summed E-state index contributed by atoms with van der Waals surface area (Å²) in [6.07, 6.45) is 1.01. The van der Waals surface area contributed by atoms with Gasteiger partial charge in [0.15, 0.2) is 5.58 Å². The van der Waals surface area contributed by atoms with Crippen LogP contribution in [0.15, 0.2) is 28.8 Å². The van der Waals surface area contributed by atoms with Crippen LogP contribution in [-0.4, -0.2) is 45.6 Å². The highest BCUT2D eigenvalue weighted by Crippen LogP contribution is 2.24. The highest BCUT2D eigenvalue weighted by molar-refractivity contribution is 7.99. The number of thioether (sulfide) groups is 1. The quantitative estimate of drug-likeness (QED) is 0.897. The van der Waals surface area contributed by atoms with Crippen molar-refractivity contribution in [1.82, 2.24) is 15.4 Å². The molecule has 2 amide bonds. The van der Waals surface area contributed by atoms with E-state index in [1.54, 1.807) is 16.7 Å². The van der Waals surface area contributed by atoms with Crippen LogP contribution in [0.3, 0.4) is 0 Å². The van der Waals surface area contributed by atoms with Crippen molar-refractivity contribution in [2.24, 2.45) is 0 Å². The van der Waals surface area contributed by atoms with E-state index in [0.29, 0.717) is 22.9 Å². The molecule has 1 aromatic carbocycles. The SMILES string of the molecule is CCC(C)NC(=O)C1CSCN1C(=O)Cc1noc2ccccc12. The molecule has 2 atom stereocenters. The van der Waals surface area contributed by atoms with Crippen molar-refractivity contribution in [2.75, 3.05) is 11.6 Å². The van der Waals surface area contributed by atoms with Crippen molar-refractivity contribution in [3.05, 3.63) is 30.0 Å². The number of nitrogens with zero attached hydrogens (tertiary/aromatic N) is 2. The second kappa shape index (κ2) is 7.25. The fraction of sp³-hybridized carbons (Fsp3) is 0.471. The average Bonchev–Trinajstić information content (AvgIpc) is 3.22. The van der Waals surface area contributed by atoms with Gasteiger partial charge in [-0.1, -0.05) is 24.2 Å². The molecule has 1 saturated heterocycles. The van der Waals surface area contributed by atoms with Crippen molar-refractivity contribution < 1.29 is 14.1 Å². The normalized spacial score (nSPS) is 18.8. The molecule has 1 fully saturated rings. The predicted molar refractivity (Wildman–Crippen MR) is 93.6 cm³/mol. The largest absolute Gasteiger partial charge is 0.356 e. The first-order valence-corrected chi connectivity index (χ1v) is 9.26. The number of carbonyl (C=O) groups excluding carboxylic acids is 2. The van der Waals surface area contributed by atoms with Crippen LogP contribution in [-0.2, 0) is 16.0 Å².